The summed E-state index contributed by atoms with van der Waals surface area (Å²) < 4.78 is 25.1. The third-order valence-electron chi connectivity index (χ3n) is 5.16. The van der Waals surface area contributed by atoms with Crippen LogP contribution in [0.25, 0.3) is 0 Å². The van der Waals surface area contributed by atoms with Crippen molar-refractivity contribution in [2.24, 2.45) is 17.8 Å². The van der Waals surface area contributed by atoms with Crippen LogP contribution in [0, 0.1) is 17.8 Å². The average molecular weight is 308 g/mol. The van der Waals surface area contributed by atoms with Crippen LogP contribution in [0.15, 0.2) is 30.3 Å². The fraction of sp³-hybridized carbons (Fsp3) is 0.667. The number of halogens is 1. The van der Waals surface area contributed by atoms with Crippen LogP contribution in [0.4, 0.5) is 4.39 Å². The number of para-hydroxylation sites is 1. The second kappa shape index (κ2) is 6.97. The van der Waals surface area contributed by atoms with Crippen molar-refractivity contribution in [1.29, 1.82) is 0 Å². The second-order valence-corrected chi connectivity index (χ2v) is 6.70. The number of fused-ring (bicyclic) bond motifs is 1. The van der Waals surface area contributed by atoms with Crippen molar-refractivity contribution in [3.8, 4) is 5.75 Å². The van der Waals surface area contributed by atoms with Crippen molar-refractivity contribution < 1.29 is 19.0 Å². The predicted octanol–water partition coefficient (Wildman–Crippen LogP) is 3.56. The van der Waals surface area contributed by atoms with Crippen LogP contribution in [-0.2, 0) is 4.74 Å². The van der Waals surface area contributed by atoms with Crippen LogP contribution in [0.1, 0.15) is 32.6 Å². The summed E-state index contributed by atoms with van der Waals surface area (Å²) in [5, 5.41) is 9.61. The third kappa shape index (κ3) is 3.61. The number of rotatable bonds is 6. The Hall–Kier alpha value is -1.13. The largest absolute Gasteiger partial charge is 0.491 e. The van der Waals surface area contributed by atoms with Crippen LogP contribution in [-0.4, -0.2) is 30.3 Å². The van der Waals surface area contributed by atoms with Gasteiger partial charge >= 0.3 is 0 Å². The lowest BCUT2D eigenvalue weighted by molar-refractivity contribution is -0.0922. The summed E-state index contributed by atoms with van der Waals surface area (Å²) >= 11 is 0. The van der Waals surface area contributed by atoms with Crippen LogP contribution < -0.4 is 4.74 Å². The molecule has 2 fully saturated rings. The fourth-order valence-electron chi connectivity index (χ4n) is 4.05. The van der Waals surface area contributed by atoms with Gasteiger partial charge in [0, 0.05) is 6.42 Å². The van der Waals surface area contributed by atoms with Crippen molar-refractivity contribution in [2.75, 3.05) is 6.61 Å². The average Bonchev–Trinajstić information content (AvgIpc) is 2.99. The summed E-state index contributed by atoms with van der Waals surface area (Å²) in [6.07, 6.45) is 1.67. The molecule has 1 saturated heterocycles. The number of aliphatic hydroxyl groups is 1. The molecule has 0 spiro atoms. The highest BCUT2D eigenvalue weighted by atomic mass is 19.1. The lowest BCUT2D eigenvalue weighted by atomic mass is 9.84. The molecule has 6 unspecified atom stereocenters. The summed E-state index contributed by atoms with van der Waals surface area (Å²) in [6, 6.07) is 9.36. The number of aliphatic hydroxyl groups excluding tert-OH is 1. The molecule has 3 rings (SSSR count). The van der Waals surface area contributed by atoms with Gasteiger partial charge in [0.1, 0.15) is 18.5 Å². The molecule has 0 aromatic heterocycles. The molecule has 6 atom stereocenters. The molecule has 2 aliphatic rings. The standard InChI is InChI=1S/C18H25FO3/c1-12-9-17-16(10-18(20)22-17)15(12)8-7-13(19)11-21-14-5-3-2-4-6-14/h2-6,12-13,15-18,20H,7-11H2,1H3. The Morgan fingerprint density at radius 2 is 2.09 bits per heavy atom. The van der Waals surface area contributed by atoms with Gasteiger partial charge in [-0.05, 0) is 49.1 Å². The Kier molecular flexibility index (Phi) is 4.99. The molecule has 4 heteroatoms. The van der Waals surface area contributed by atoms with E-state index in [2.05, 4.69) is 6.92 Å². The van der Waals surface area contributed by atoms with Gasteiger partial charge in [-0.3, -0.25) is 0 Å². The molecule has 0 bridgehead atoms. The first-order chi connectivity index (χ1) is 10.6. The summed E-state index contributed by atoms with van der Waals surface area (Å²) in [5.74, 6) is 2.11. The van der Waals surface area contributed by atoms with Gasteiger partial charge in [-0.1, -0.05) is 25.1 Å². The van der Waals surface area contributed by atoms with Crippen molar-refractivity contribution in [3.05, 3.63) is 30.3 Å². The molecule has 22 heavy (non-hydrogen) atoms. The second-order valence-electron chi connectivity index (χ2n) is 6.70. The van der Waals surface area contributed by atoms with E-state index < -0.39 is 12.5 Å². The molecule has 0 radical (unpaired) electrons. The van der Waals surface area contributed by atoms with Crippen molar-refractivity contribution in [3.63, 3.8) is 0 Å². The van der Waals surface area contributed by atoms with Crippen LogP contribution >= 0.6 is 0 Å². The maximum absolute atomic E-state index is 14.1. The molecule has 1 aliphatic heterocycles. The van der Waals surface area contributed by atoms with E-state index >= 15 is 0 Å². The van der Waals surface area contributed by atoms with Crippen LogP contribution in [0.2, 0.25) is 0 Å². The fourth-order valence-corrected chi connectivity index (χ4v) is 4.05. The zero-order valence-electron chi connectivity index (χ0n) is 13.0. The Morgan fingerprint density at radius 1 is 1.32 bits per heavy atom. The smallest absolute Gasteiger partial charge is 0.155 e. The highest BCUT2D eigenvalue weighted by Gasteiger charge is 2.47. The normalized spacial score (nSPS) is 35.3. The van der Waals surface area contributed by atoms with Crippen molar-refractivity contribution >= 4 is 0 Å². The van der Waals surface area contributed by atoms with Gasteiger partial charge < -0.3 is 14.6 Å². The van der Waals surface area contributed by atoms with E-state index in [1.165, 1.54) is 0 Å². The van der Waals surface area contributed by atoms with Gasteiger partial charge in [0.25, 0.3) is 0 Å². The molecule has 1 N–H and O–H groups in total. The van der Waals surface area contributed by atoms with Gasteiger partial charge in [0.15, 0.2) is 6.29 Å². The number of ether oxygens (including phenoxy) is 2. The number of hydrogen-bond donors (Lipinski definition) is 1. The van der Waals surface area contributed by atoms with Gasteiger partial charge in [-0.2, -0.15) is 0 Å². The monoisotopic (exact) mass is 308 g/mol. The maximum Gasteiger partial charge on any atom is 0.155 e. The molecule has 1 aromatic carbocycles. The van der Waals surface area contributed by atoms with E-state index in [0.717, 1.165) is 12.8 Å². The van der Waals surface area contributed by atoms with E-state index in [4.69, 9.17) is 9.47 Å². The summed E-state index contributed by atoms with van der Waals surface area (Å²) in [7, 11) is 0. The molecule has 1 saturated carbocycles. The maximum atomic E-state index is 14.1. The minimum absolute atomic E-state index is 0.109. The summed E-state index contributed by atoms with van der Waals surface area (Å²) in [6.45, 7) is 2.32. The molecule has 122 valence electrons. The molecule has 1 aliphatic carbocycles. The summed E-state index contributed by atoms with van der Waals surface area (Å²) in [4.78, 5) is 0. The predicted molar refractivity (Wildman–Crippen MR) is 82.3 cm³/mol. The first kappa shape index (κ1) is 15.8. The molecular weight excluding hydrogens is 283 g/mol. The molecule has 3 nitrogen and oxygen atoms in total. The van der Waals surface area contributed by atoms with E-state index in [1.54, 1.807) is 0 Å². The molecular formula is C18H25FO3. The van der Waals surface area contributed by atoms with Gasteiger partial charge in [-0.15, -0.1) is 0 Å². The number of alkyl halides is 1. The Morgan fingerprint density at radius 3 is 2.86 bits per heavy atom. The molecule has 1 heterocycles. The molecule has 1 aromatic rings. The lowest BCUT2D eigenvalue weighted by Gasteiger charge is -2.22. The lowest BCUT2D eigenvalue weighted by Crippen LogP contribution is -2.20. The van der Waals surface area contributed by atoms with Gasteiger partial charge in [0.2, 0.25) is 0 Å². The zero-order chi connectivity index (χ0) is 15.5. The summed E-state index contributed by atoms with van der Waals surface area (Å²) in [5.41, 5.74) is 0. The first-order valence-corrected chi connectivity index (χ1v) is 8.29. The van der Waals surface area contributed by atoms with Crippen LogP contribution in [0.3, 0.4) is 0 Å². The zero-order valence-corrected chi connectivity index (χ0v) is 13.0. The van der Waals surface area contributed by atoms with Gasteiger partial charge in [0.05, 0.1) is 6.10 Å². The van der Waals surface area contributed by atoms with Crippen LogP contribution in [0.5, 0.6) is 5.75 Å². The SMILES string of the molecule is CC1CC2OC(O)CC2C1CCC(F)COc1ccccc1. The van der Waals surface area contributed by atoms with Crippen molar-refractivity contribution in [1.82, 2.24) is 0 Å². The number of hydrogen-bond acceptors (Lipinski definition) is 3. The van der Waals surface area contributed by atoms with Crippen molar-refractivity contribution in [2.45, 2.75) is 51.2 Å². The Labute approximate surface area is 131 Å². The Balaban J connectivity index is 1.43. The molecule has 0 amide bonds. The van der Waals surface area contributed by atoms with Gasteiger partial charge in [-0.25, -0.2) is 4.39 Å². The first-order valence-electron chi connectivity index (χ1n) is 8.29. The number of benzene rings is 1. The Bertz CT molecular complexity index is 467. The topological polar surface area (TPSA) is 38.7 Å². The highest BCUT2D eigenvalue weighted by Crippen LogP contribution is 2.47. The van der Waals surface area contributed by atoms with E-state index in [0.29, 0.717) is 36.3 Å². The van der Waals surface area contributed by atoms with E-state index in [1.807, 2.05) is 30.3 Å². The highest BCUT2D eigenvalue weighted by molar-refractivity contribution is 5.20. The van der Waals surface area contributed by atoms with E-state index in [-0.39, 0.29) is 12.7 Å². The van der Waals surface area contributed by atoms with E-state index in [9.17, 15) is 9.50 Å². The minimum Gasteiger partial charge on any atom is -0.491 e. The quantitative estimate of drug-likeness (QED) is 0.873. The third-order valence-corrected chi connectivity index (χ3v) is 5.16. The minimum atomic E-state index is -0.946.